The van der Waals surface area contributed by atoms with Crippen LogP contribution in [0.25, 0.3) is 11.1 Å². The van der Waals surface area contributed by atoms with Crippen molar-refractivity contribution >= 4 is 0 Å². The van der Waals surface area contributed by atoms with Crippen molar-refractivity contribution in [3.8, 4) is 22.9 Å². The third kappa shape index (κ3) is 5.29. The molecule has 1 aliphatic carbocycles. The van der Waals surface area contributed by atoms with Gasteiger partial charge in [0, 0.05) is 18.2 Å². The quantitative estimate of drug-likeness (QED) is 0.320. The fraction of sp³-hybridized carbons (Fsp3) is 0.233. The number of hydrogen-bond acceptors (Lipinski definition) is 4. The van der Waals surface area contributed by atoms with Crippen LogP contribution in [0.2, 0.25) is 0 Å². The SMILES string of the molecule is OCC1CC(c2ccc(-c3ccc(OCc4ccccc4)nc3OCc3ccccc3)cc2)C1. The van der Waals surface area contributed by atoms with Crippen LogP contribution in [0.4, 0.5) is 0 Å². The lowest BCUT2D eigenvalue weighted by molar-refractivity contribution is 0.142. The molecule has 5 rings (SSSR count). The monoisotopic (exact) mass is 451 g/mol. The molecule has 1 saturated carbocycles. The van der Waals surface area contributed by atoms with Crippen LogP contribution in [0.3, 0.4) is 0 Å². The van der Waals surface area contributed by atoms with E-state index in [-0.39, 0.29) is 0 Å². The van der Waals surface area contributed by atoms with Crippen LogP contribution in [0, 0.1) is 5.92 Å². The van der Waals surface area contributed by atoms with Crippen LogP contribution < -0.4 is 9.47 Å². The Bertz CT molecular complexity index is 1190. The van der Waals surface area contributed by atoms with Gasteiger partial charge in [-0.3, -0.25) is 0 Å². The zero-order valence-electron chi connectivity index (χ0n) is 19.1. The van der Waals surface area contributed by atoms with Gasteiger partial charge in [-0.25, -0.2) is 0 Å². The van der Waals surface area contributed by atoms with Crippen molar-refractivity contribution in [2.75, 3.05) is 6.61 Å². The molecular formula is C30H29NO3. The molecule has 0 bridgehead atoms. The minimum Gasteiger partial charge on any atom is -0.473 e. The van der Waals surface area contributed by atoms with E-state index in [0.717, 1.165) is 35.1 Å². The highest BCUT2D eigenvalue weighted by molar-refractivity contribution is 5.69. The summed E-state index contributed by atoms with van der Waals surface area (Å²) in [5, 5.41) is 9.30. The van der Waals surface area contributed by atoms with Gasteiger partial charge in [0.05, 0.1) is 0 Å². The number of benzene rings is 3. The molecule has 0 saturated heterocycles. The van der Waals surface area contributed by atoms with Gasteiger partial charge in [-0.15, -0.1) is 0 Å². The van der Waals surface area contributed by atoms with Crippen LogP contribution in [0.15, 0.2) is 97.1 Å². The van der Waals surface area contributed by atoms with Gasteiger partial charge in [0.1, 0.15) is 13.2 Å². The fourth-order valence-corrected chi connectivity index (χ4v) is 4.38. The molecule has 0 unspecified atom stereocenters. The van der Waals surface area contributed by atoms with E-state index in [0.29, 0.717) is 43.4 Å². The molecule has 0 spiro atoms. The predicted octanol–water partition coefficient (Wildman–Crippen LogP) is 6.39. The summed E-state index contributed by atoms with van der Waals surface area (Å²) >= 11 is 0. The Labute approximate surface area is 200 Å². The fourth-order valence-electron chi connectivity index (χ4n) is 4.38. The van der Waals surface area contributed by atoms with Crippen molar-refractivity contribution in [3.05, 3.63) is 114 Å². The van der Waals surface area contributed by atoms with E-state index in [9.17, 15) is 5.11 Å². The molecule has 0 aliphatic heterocycles. The van der Waals surface area contributed by atoms with Gasteiger partial charge in [0.2, 0.25) is 11.8 Å². The standard InChI is InChI=1S/C30H29NO3/c32-19-24-17-27(18-24)25-11-13-26(14-12-25)28-15-16-29(33-20-22-7-3-1-4-8-22)31-30(28)34-21-23-9-5-2-6-10-23/h1-16,24,27,32H,17-21H2. The van der Waals surface area contributed by atoms with Crippen LogP contribution in [-0.2, 0) is 13.2 Å². The molecule has 4 aromatic rings. The first-order valence-corrected chi connectivity index (χ1v) is 11.8. The van der Waals surface area contributed by atoms with Crippen LogP contribution in [0.1, 0.15) is 35.4 Å². The maximum absolute atomic E-state index is 9.30. The van der Waals surface area contributed by atoms with E-state index >= 15 is 0 Å². The zero-order valence-corrected chi connectivity index (χ0v) is 19.1. The highest BCUT2D eigenvalue weighted by Crippen LogP contribution is 2.42. The lowest BCUT2D eigenvalue weighted by atomic mass is 9.72. The molecule has 1 heterocycles. The number of aromatic nitrogens is 1. The second-order valence-electron chi connectivity index (χ2n) is 8.89. The van der Waals surface area contributed by atoms with Crippen molar-refractivity contribution < 1.29 is 14.6 Å². The highest BCUT2D eigenvalue weighted by Gasteiger charge is 2.29. The Morgan fingerprint density at radius 2 is 1.32 bits per heavy atom. The van der Waals surface area contributed by atoms with Gasteiger partial charge in [-0.1, -0.05) is 84.9 Å². The van der Waals surface area contributed by atoms with Crippen molar-refractivity contribution in [1.29, 1.82) is 0 Å². The first kappa shape index (κ1) is 22.2. The molecular weight excluding hydrogens is 422 g/mol. The number of aliphatic hydroxyl groups excluding tert-OH is 1. The highest BCUT2D eigenvalue weighted by atomic mass is 16.5. The maximum atomic E-state index is 9.30. The van der Waals surface area contributed by atoms with E-state index < -0.39 is 0 Å². The smallest absolute Gasteiger partial charge is 0.225 e. The Hall–Kier alpha value is -3.63. The van der Waals surface area contributed by atoms with Crippen molar-refractivity contribution in [2.45, 2.75) is 32.0 Å². The summed E-state index contributed by atoms with van der Waals surface area (Å²) in [7, 11) is 0. The number of rotatable bonds is 9. The summed E-state index contributed by atoms with van der Waals surface area (Å²) < 4.78 is 12.1. The second-order valence-corrected chi connectivity index (χ2v) is 8.89. The summed E-state index contributed by atoms with van der Waals surface area (Å²) in [6.45, 7) is 1.18. The van der Waals surface area contributed by atoms with E-state index in [2.05, 4.69) is 24.3 Å². The van der Waals surface area contributed by atoms with Gasteiger partial charge in [0.15, 0.2) is 0 Å². The van der Waals surface area contributed by atoms with E-state index in [1.807, 2.05) is 72.8 Å². The molecule has 3 aromatic carbocycles. The van der Waals surface area contributed by atoms with E-state index in [4.69, 9.17) is 14.5 Å². The first-order valence-electron chi connectivity index (χ1n) is 11.8. The molecule has 0 atom stereocenters. The molecule has 0 radical (unpaired) electrons. The Balaban J connectivity index is 1.36. The third-order valence-corrected chi connectivity index (χ3v) is 6.47. The average molecular weight is 452 g/mol. The first-order chi connectivity index (χ1) is 16.8. The van der Waals surface area contributed by atoms with Gasteiger partial charge in [0.25, 0.3) is 0 Å². The molecule has 1 fully saturated rings. The Kier molecular flexibility index (Phi) is 6.87. The molecule has 0 amide bonds. The maximum Gasteiger partial charge on any atom is 0.225 e. The topological polar surface area (TPSA) is 51.6 Å². The number of pyridine rings is 1. The van der Waals surface area contributed by atoms with Gasteiger partial charge >= 0.3 is 0 Å². The summed E-state index contributed by atoms with van der Waals surface area (Å²) in [6, 6.07) is 32.7. The second kappa shape index (κ2) is 10.5. The van der Waals surface area contributed by atoms with Crippen molar-refractivity contribution in [3.63, 3.8) is 0 Å². The number of ether oxygens (including phenoxy) is 2. The molecule has 1 aliphatic rings. The number of hydrogen-bond donors (Lipinski definition) is 1. The van der Waals surface area contributed by atoms with Gasteiger partial charge < -0.3 is 14.6 Å². The molecule has 34 heavy (non-hydrogen) atoms. The molecule has 4 nitrogen and oxygen atoms in total. The summed E-state index contributed by atoms with van der Waals surface area (Å²) in [6.07, 6.45) is 2.13. The van der Waals surface area contributed by atoms with Crippen molar-refractivity contribution in [2.24, 2.45) is 5.92 Å². The molecule has 172 valence electrons. The summed E-state index contributed by atoms with van der Waals surface area (Å²) in [5.74, 6) is 2.10. The van der Waals surface area contributed by atoms with Crippen LogP contribution in [-0.4, -0.2) is 16.7 Å². The van der Waals surface area contributed by atoms with Crippen LogP contribution >= 0.6 is 0 Å². The van der Waals surface area contributed by atoms with E-state index in [1.54, 1.807) is 0 Å². The van der Waals surface area contributed by atoms with Gasteiger partial charge in [-0.05, 0) is 53.0 Å². The average Bonchev–Trinajstić information content (AvgIpc) is 2.87. The normalized spacial score (nSPS) is 17.1. The summed E-state index contributed by atoms with van der Waals surface area (Å²) in [5.41, 5.74) is 5.51. The van der Waals surface area contributed by atoms with Crippen molar-refractivity contribution in [1.82, 2.24) is 4.98 Å². The minimum atomic E-state index is 0.293. The molecule has 1 N–H and O–H groups in total. The minimum absolute atomic E-state index is 0.293. The predicted molar refractivity (Wildman–Crippen MR) is 134 cm³/mol. The largest absolute Gasteiger partial charge is 0.473 e. The lowest BCUT2D eigenvalue weighted by Crippen LogP contribution is -2.24. The zero-order chi connectivity index (χ0) is 23.2. The van der Waals surface area contributed by atoms with E-state index in [1.165, 1.54) is 5.56 Å². The lowest BCUT2D eigenvalue weighted by Gasteiger charge is -2.34. The third-order valence-electron chi connectivity index (χ3n) is 6.47. The molecule has 4 heteroatoms. The number of nitrogens with zero attached hydrogens (tertiary/aromatic N) is 1. The molecule has 1 aromatic heterocycles. The Morgan fingerprint density at radius 3 is 1.94 bits per heavy atom. The number of aliphatic hydroxyl groups is 1. The van der Waals surface area contributed by atoms with Gasteiger partial charge in [-0.2, -0.15) is 4.98 Å². The summed E-state index contributed by atoms with van der Waals surface area (Å²) in [4.78, 5) is 4.71. The Morgan fingerprint density at radius 1 is 0.706 bits per heavy atom. The van der Waals surface area contributed by atoms with Crippen LogP contribution in [0.5, 0.6) is 11.8 Å².